The lowest BCUT2D eigenvalue weighted by atomic mass is 10.1. The number of carbonyl (C=O) groups excluding carboxylic acids is 1. The number of pyridine rings is 1. The molecule has 1 aliphatic heterocycles. The van der Waals surface area contributed by atoms with Gasteiger partial charge in [0.15, 0.2) is 0 Å². The summed E-state index contributed by atoms with van der Waals surface area (Å²) in [5.41, 5.74) is 7.03. The van der Waals surface area contributed by atoms with Crippen LogP contribution in [0.25, 0.3) is 20.5 Å². The van der Waals surface area contributed by atoms with Crippen molar-refractivity contribution in [1.82, 2.24) is 20.1 Å². The highest BCUT2D eigenvalue weighted by Crippen LogP contribution is 2.38. The minimum atomic E-state index is -0.456. The molecular formula is C17H20N6OS. The van der Waals surface area contributed by atoms with Crippen molar-refractivity contribution in [3.63, 3.8) is 0 Å². The third-order valence-electron chi connectivity index (χ3n) is 4.45. The fourth-order valence-electron chi connectivity index (χ4n) is 3.17. The van der Waals surface area contributed by atoms with E-state index in [4.69, 9.17) is 5.73 Å². The number of amides is 1. The molecule has 0 spiro atoms. The molecule has 0 bridgehead atoms. The van der Waals surface area contributed by atoms with Crippen LogP contribution >= 0.6 is 11.3 Å². The maximum Gasteiger partial charge on any atom is 0.251 e. The Hall–Kier alpha value is -2.45. The van der Waals surface area contributed by atoms with Gasteiger partial charge in [0.05, 0.1) is 16.5 Å². The van der Waals surface area contributed by atoms with Crippen LogP contribution in [0.4, 0.5) is 5.82 Å². The van der Waals surface area contributed by atoms with Crippen molar-refractivity contribution in [2.24, 2.45) is 12.8 Å². The standard InChI is InChI=1S/C17H20N6OS/c1-23-9-10(6-21-23)14-5-12-15(25-14)13(16(18)24)8-20-17(12)22-11-3-2-4-19-7-11/h5-6,8-9,11,19H,2-4,7H2,1H3,(H2,18,24)(H,20,22)/t11-/m0/s1. The number of aryl methyl sites for hydroxylation is 1. The Kier molecular flexibility index (Phi) is 4.14. The number of aromatic nitrogens is 3. The summed E-state index contributed by atoms with van der Waals surface area (Å²) in [7, 11) is 1.89. The van der Waals surface area contributed by atoms with Crippen LogP contribution in [-0.2, 0) is 7.05 Å². The maximum atomic E-state index is 11.8. The molecule has 1 atom stereocenters. The SMILES string of the molecule is Cn1cc(-c2cc3c(N[C@H]4CCCNC4)ncc(C(N)=O)c3s2)cn1. The van der Waals surface area contributed by atoms with Crippen molar-refractivity contribution < 1.29 is 4.79 Å². The number of primary amides is 1. The minimum Gasteiger partial charge on any atom is -0.366 e. The highest BCUT2D eigenvalue weighted by molar-refractivity contribution is 7.22. The van der Waals surface area contributed by atoms with E-state index in [1.54, 1.807) is 22.2 Å². The van der Waals surface area contributed by atoms with Gasteiger partial charge in [-0.1, -0.05) is 0 Å². The van der Waals surface area contributed by atoms with Crippen LogP contribution in [-0.4, -0.2) is 39.8 Å². The Morgan fingerprint density at radius 2 is 2.36 bits per heavy atom. The monoisotopic (exact) mass is 356 g/mol. The summed E-state index contributed by atoms with van der Waals surface area (Å²) in [6.45, 7) is 1.98. The van der Waals surface area contributed by atoms with Crippen LogP contribution in [0.2, 0.25) is 0 Å². The molecule has 3 aromatic heterocycles. The second kappa shape index (κ2) is 6.45. The predicted molar refractivity (Wildman–Crippen MR) is 99.9 cm³/mol. The quantitative estimate of drug-likeness (QED) is 0.664. The molecule has 4 N–H and O–H groups in total. The summed E-state index contributed by atoms with van der Waals surface area (Å²) in [6.07, 6.45) is 7.60. The first kappa shape index (κ1) is 16.0. The average molecular weight is 356 g/mol. The molecule has 3 aromatic rings. The summed E-state index contributed by atoms with van der Waals surface area (Å²) in [6, 6.07) is 2.40. The van der Waals surface area contributed by atoms with Crippen molar-refractivity contribution in [3.05, 3.63) is 30.2 Å². The van der Waals surface area contributed by atoms with Crippen LogP contribution in [0, 0.1) is 0 Å². The molecule has 0 aromatic carbocycles. The smallest absolute Gasteiger partial charge is 0.251 e. The van der Waals surface area contributed by atoms with Gasteiger partial charge >= 0.3 is 0 Å². The van der Waals surface area contributed by atoms with Crippen molar-refractivity contribution in [1.29, 1.82) is 0 Å². The predicted octanol–water partition coefficient (Wildman–Crippen LogP) is 1.96. The number of piperidine rings is 1. The van der Waals surface area contributed by atoms with E-state index in [0.717, 1.165) is 52.3 Å². The molecule has 130 valence electrons. The van der Waals surface area contributed by atoms with Gasteiger partial charge in [-0.15, -0.1) is 11.3 Å². The number of rotatable bonds is 4. The van der Waals surface area contributed by atoms with E-state index in [1.165, 1.54) is 0 Å². The minimum absolute atomic E-state index is 0.339. The number of nitrogens with zero attached hydrogens (tertiary/aromatic N) is 3. The van der Waals surface area contributed by atoms with Crippen molar-refractivity contribution in [3.8, 4) is 10.4 Å². The Morgan fingerprint density at radius 3 is 3.04 bits per heavy atom. The third-order valence-corrected chi connectivity index (χ3v) is 5.66. The Bertz CT molecular complexity index is 925. The van der Waals surface area contributed by atoms with Crippen LogP contribution in [0.3, 0.4) is 0 Å². The van der Waals surface area contributed by atoms with E-state index in [-0.39, 0.29) is 0 Å². The van der Waals surface area contributed by atoms with E-state index in [1.807, 2.05) is 19.4 Å². The van der Waals surface area contributed by atoms with Crippen molar-refractivity contribution >= 4 is 33.1 Å². The molecule has 4 heterocycles. The summed E-state index contributed by atoms with van der Waals surface area (Å²) in [4.78, 5) is 17.3. The van der Waals surface area contributed by atoms with E-state index in [2.05, 4.69) is 26.8 Å². The molecule has 0 radical (unpaired) electrons. The number of nitrogens with two attached hydrogens (primary N) is 1. The lowest BCUT2D eigenvalue weighted by molar-refractivity contribution is 0.100. The fraction of sp³-hybridized carbons (Fsp3) is 0.353. The number of anilines is 1. The van der Waals surface area contributed by atoms with Gasteiger partial charge < -0.3 is 16.4 Å². The number of hydrogen-bond acceptors (Lipinski definition) is 6. The van der Waals surface area contributed by atoms with Crippen LogP contribution < -0.4 is 16.4 Å². The number of thiophene rings is 1. The molecule has 25 heavy (non-hydrogen) atoms. The van der Waals surface area contributed by atoms with Gasteiger partial charge in [-0.05, 0) is 25.5 Å². The van der Waals surface area contributed by atoms with Crippen molar-refractivity contribution in [2.45, 2.75) is 18.9 Å². The fourth-order valence-corrected chi connectivity index (χ4v) is 4.32. The van der Waals surface area contributed by atoms with E-state index in [0.29, 0.717) is 11.6 Å². The third kappa shape index (κ3) is 3.10. The highest BCUT2D eigenvalue weighted by Gasteiger charge is 2.19. The zero-order chi connectivity index (χ0) is 17.4. The lowest BCUT2D eigenvalue weighted by Gasteiger charge is -2.24. The summed E-state index contributed by atoms with van der Waals surface area (Å²) in [5.74, 6) is 0.350. The molecule has 1 saturated heterocycles. The topological polar surface area (TPSA) is 97.9 Å². The molecule has 4 rings (SSSR count). The molecule has 0 unspecified atom stereocenters. The summed E-state index contributed by atoms with van der Waals surface area (Å²) < 4.78 is 2.63. The number of carbonyl (C=O) groups is 1. The molecule has 1 amide bonds. The first-order chi connectivity index (χ1) is 12.1. The van der Waals surface area contributed by atoms with Crippen LogP contribution in [0.1, 0.15) is 23.2 Å². The van der Waals surface area contributed by atoms with Gasteiger partial charge in [-0.25, -0.2) is 4.98 Å². The molecule has 7 nitrogen and oxygen atoms in total. The highest BCUT2D eigenvalue weighted by atomic mass is 32.1. The largest absolute Gasteiger partial charge is 0.366 e. The maximum absolute atomic E-state index is 11.8. The zero-order valence-corrected chi connectivity index (χ0v) is 14.8. The van der Waals surface area contributed by atoms with Gasteiger partial charge in [0.2, 0.25) is 0 Å². The number of fused-ring (bicyclic) bond motifs is 1. The first-order valence-corrected chi connectivity index (χ1v) is 9.12. The van der Waals surface area contributed by atoms with Gasteiger partial charge in [-0.3, -0.25) is 9.48 Å². The molecule has 8 heteroatoms. The normalized spacial score (nSPS) is 17.7. The summed E-state index contributed by atoms with van der Waals surface area (Å²) in [5, 5.41) is 12.1. The zero-order valence-electron chi connectivity index (χ0n) is 14.0. The molecule has 1 fully saturated rings. The van der Waals surface area contributed by atoms with Crippen LogP contribution in [0.5, 0.6) is 0 Å². The van der Waals surface area contributed by atoms with E-state index >= 15 is 0 Å². The Balaban J connectivity index is 1.79. The van der Waals surface area contributed by atoms with Crippen LogP contribution in [0.15, 0.2) is 24.7 Å². The molecule has 0 aliphatic carbocycles. The summed E-state index contributed by atoms with van der Waals surface area (Å²) >= 11 is 1.55. The molecular weight excluding hydrogens is 336 g/mol. The first-order valence-electron chi connectivity index (χ1n) is 8.30. The average Bonchev–Trinajstić information content (AvgIpc) is 3.22. The Labute approximate surface area is 149 Å². The van der Waals surface area contributed by atoms with E-state index < -0.39 is 5.91 Å². The van der Waals surface area contributed by atoms with Gasteiger partial charge in [0.1, 0.15) is 5.82 Å². The van der Waals surface area contributed by atoms with Gasteiger partial charge in [0.25, 0.3) is 5.91 Å². The number of hydrogen-bond donors (Lipinski definition) is 3. The van der Waals surface area contributed by atoms with E-state index in [9.17, 15) is 4.79 Å². The molecule has 1 aliphatic rings. The van der Waals surface area contributed by atoms with Gasteiger partial charge in [0, 0.05) is 47.9 Å². The van der Waals surface area contributed by atoms with Gasteiger partial charge in [-0.2, -0.15) is 5.10 Å². The number of nitrogens with one attached hydrogen (secondary N) is 2. The second-order valence-electron chi connectivity index (χ2n) is 6.33. The second-order valence-corrected chi connectivity index (χ2v) is 7.38. The molecule has 0 saturated carbocycles. The Morgan fingerprint density at radius 1 is 1.48 bits per heavy atom. The lowest BCUT2D eigenvalue weighted by Crippen LogP contribution is -2.38. The van der Waals surface area contributed by atoms with Crippen molar-refractivity contribution in [2.75, 3.05) is 18.4 Å².